The van der Waals surface area contributed by atoms with Gasteiger partial charge in [0.1, 0.15) is 5.82 Å². The predicted molar refractivity (Wildman–Crippen MR) is 103 cm³/mol. The van der Waals surface area contributed by atoms with Crippen molar-refractivity contribution in [1.29, 1.82) is 0 Å². The Hall–Kier alpha value is -2.82. The average molecular weight is 423 g/mol. The highest BCUT2D eigenvalue weighted by Gasteiger charge is 2.26. The molecule has 0 radical (unpaired) electrons. The predicted octanol–water partition coefficient (Wildman–Crippen LogP) is 2.22. The van der Waals surface area contributed by atoms with Gasteiger partial charge in [-0.2, -0.15) is 19.3 Å². The van der Waals surface area contributed by atoms with E-state index < -0.39 is 15.8 Å². The number of benzene rings is 2. The molecule has 0 aliphatic rings. The molecule has 0 saturated heterocycles. The van der Waals surface area contributed by atoms with E-state index in [2.05, 4.69) is 15.0 Å². The van der Waals surface area contributed by atoms with Gasteiger partial charge in [-0.3, -0.25) is 0 Å². The molecule has 28 heavy (non-hydrogen) atoms. The van der Waals surface area contributed by atoms with Crippen LogP contribution in [0.15, 0.2) is 53.4 Å². The summed E-state index contributed by atoms with van der Waals surface area (Å²) in [5, 5.41) is 0.405. The third-order valence-corrected chi connectivity index (χ3v) is 5.82. The summed E-state index contributed by atoms with van der Waals surface area (Å²) in [6.07, 6.45) is 0. The summed E-state index contributed by atoms with van der Waals surface area (Å²) >= 11 is 5.85. The van der Waals surface area contributed by atoms with Crippen LogP contribution in [-0.2, 0) is 23.1 Å². The fourth-order valence-electron chi connectivity index (χ4n) is 2.46. The van der Waals surface area contributed by atoms with Gasteiger partial charge in [0, 0.05) is 11.6 Å². The smallest absolute Gasteiger partial charge is 0.243 e. The first kappa shape index (κ1) is 19.9. The maximum Gasteiger partial charge on any atom is 0.243 e. The number of nitrogen functional groups attached to an aromatic ring is 2. The molecule has 0 aliphatic carbocycles. The van der Waals surface area contributed by atoms with Crippen LogP contribution in [-0.4, -0.2) is 27.7 Å². The molecule has 3 aromatic rings. The Kier molecular flexibility index (Phi) is 5.73. The van der Waals surface area contributed by atoms with Crippen LogP contribution in [0.1, 0.15) is 11.4 Å². The van der Waals surface area contributed by atoms with Crippen LogP contribution in [0.4, 0.5) is 16.3 Å². The zero-order valence-corrected chi connectivity index (χ0v) is 16.0. The number of nitrogens with zero attached hydrogens (tertiary/aromatic N) is 4. The number of hydrogen-bond donors (Lipinski definition) is 2. The first-order chi connectivity index (χ1) is 13.2. The maximum absolute atomic E-state index is 13.2. The zero-order valence-electron chi connectivity index (χ0n) is 14.5. The fourth-order valence-corrected chi connectivity index (χ4v) is 3.97. The molecule has 0 spiro atoms. The molecule has 0 fully saturated rings. The molecule has 1 heterocycles. The molecule has 0 saturated carbocycles. The van der Waals surface area contributed by atoms with Gasteiger partial charge < -0.3 is 11.5 Å². The lowest BCUT2D eigenvalue weighted by Crippen LogP contribution is -2.31. The van der Waals surface area contributed by atoms with E-state index in [4.69, 9.17) is 23.1 Å². The minimum absolute atomic E-state index is 0.0361. The SMILES string of the molecule is Nc1nc(N)nc(CN(Cc2ccc(F)cc2)S(=O)(=O)c2ccc(Cl)cc2)n1. The number of nitrogens with two attached hydrogens (primary N) is 2. The van der Waals surface area contributed by atoms with Gasteiger partial charge in [0.15, 0.2) is 5.82 Å². The number of anilines is 2. The van der Waals surface area contributed by atoms with Gasteiger partial charge >= 0.3 is 0 Å². The Balaban J connectivity index is 1.99. The van der Waals surface area contributed by atoms with Gasteiger partial charge in [-0.25, -0.2) is 12.8 Å². The van der Waals surface area contributed by atoms with Crippen LogP contribution in [0.5, 0.6) is 0 Å². The number of sulfonamides is 1. The van der Waals surface area contributed by atoms with E-state index in [0.717, 1.165) is 4.31 Å². The molecule has 11 heteroatoms. The van der Waals surface area contributed by atoms with Crippen LogP contribution in [0.25, 0.3) is 0 Å². The van der Waals surface area contributed by atoms with Crippen molar-refractivity contribution in [2.24, 2.45) is 0 Å². The number of aromatic nitrogens is 3. The standard InChI is InChI=1S/C17H16ClFN6O2S/c18-12-3-7-14(8-4-12)28(26,27)25(9-11-1-5-13(19)6-2-11)10-15-22-16(20)24-17(21)23-15/h1-8H,9-10H2,(H4,20,21,22,23,24). The van der Waals surface area contributed by atoms with E-state index in [0.29, 0.717) is 10.6 Å². The minimum Gasteiger partial charge on any atom is -0.368 e. The maximum atomic E-state index is 13.2. The first-order valence-electron chi connectivity index (χ1n) is 8.00. The largest absolute Gasteiger partial charge is 0.368 e. The summed E-state index contributed by atoms with van der Waals surface area (Å²) < 4.78 is 40.7. The highest BCUT2D eigenvalue weighted by Crippen LogP contribution is 2.22. The van der Waals surface area contributed by atoms with Crippen molar-refractivity contribution in [1.82, 2.24) is 19.3 Å². The monoisotopic (exact) mass is 422 g/mol. The minimum atomic E-state index is -3.95. The van der Waals surface area contributed by atoms with Crippen molar-refractivity contribution < 1.29 is 12.8 Å². The molecule has 0 bridgehead atoms. The number of hydrogen-bond acceptors (Lipinski definition) is 7. The summed E-state index contributed by atoms with van der Waals surface area (Å²) in [6, 6.07) is 11.2. The van der Waals surface area contributed by atoms with Crippen molar-refractivity contribution in [3.05, 3.63) is 70.8 Å². The summed E-state index contributed by atoms with van der Waals surface area (Å²) in [6.45, 7) is -0.254. The lowest BCUT2D eigenvalue weighted by Gasteiger charge is -2.22. The van der Waals surface area contributed by atoms with Crippen molar-refractivity contribution in [2.45, 2.75) is 18.0 Å². The van der Waals surface area contributed by atoms with Gasteiger partial charge in [-0.1, -0.05) is 23.7 Å². The Bertz CT molecular complexity index is 1060. The Labute approximate surface area is 166 Å². The third-order valence-electron chi connectivity index (χ3n) is 3.76. The second-order valence-corrected chi connectivity index (χ2v) is 8.20. The fraction of sp³-hybridized carbons (Fsp3) is 0.118. The Morgan fingerprint density at radius 2 is 1.46 bits per heavy atom. The van der Waals surface area contributed by atoms with Gasteiger partial charge in [-0.05, 0) is 42.0 Å². The molecule has 8 nitrogen and oxygen atoms in total. The Morgan fingerprint density at radius 3 is 2.04 bits per heavy atom. The number of halogens is 2. The summed E-state index contributed by atoms with van der Waals surface area (Å²) in [5.41, 5.74) is 11.7. The summed E-state index contributed by atoms with van der Waals surface area (Å²) in [5.74, 6) is -0.570. The van der Waals surface area contributed by atoms with Gasteiger partial charge in [-0.15, -0.1) is 0 Å². The topological polar surface area (TPSA) is 128 Å². The van der Waals surface area contributed by atoms with E-state index in [1.807, 2.05) is 0 Å². The average Bonchev–Trinajstić information content (AvgIpc) is 2.62. The molecule has 0 unspecified atom stereocenters. The quantitative estimate of drug-likeness (QED) is 0.623. The molecule has 0 atom stereocenters. The van der Waals surface area contributed by atoms with Gasteiger partial charge in [0.05, 0.1) is 11.4 Å². The van der Waals surface area contributed by atoms with E-state index in [1.54, 1.807) is 0 Å². The first-order valence-corrected chi connectivity index (χ1v) is 9.82. The molecular weight excluding hydrogens is 407 g/mol. The van der Waals surface area contributed by atoms with Crippen molar-refractivity contribution in [3.63, 3.8) is 0 Å². The molecule has 0 aliphatic heterocycles. The molecule has 1 aromatic heterocycles. The molecular formula is C17H16ClFN6O2S. The van der Waals surface area contributed by atoms with E-state index in [9.17, 15) is 12.8 Å². The van der Waals surface area contributed by atoms with Crippen LogP contribution in [0.2, 0.25) is 5.02 Å². The van der Waals surface area contributed by atoms with Crippen LogP contribution in [0.3, 0.4) is 0 Å². The second kappa shape index (κ2) is 8.05. The van der Waals surface area contributed by atoms with E-state index in [1.165, 1.54) is 48.5 Å². The van der Waals surface area contributed by atoms with Crippen molar-refractivity contribution in [2.75, 3.05) is 11.5 Å². The van der Waals surface area contributed by atoms with Crippen LogP contribution >= 0.6 is 11.6 Å². The van der Waals surface area contributed by atoms with Crippen LogP contribution in [0, 0.1) is 5.82 Å². The lowest BCUT2D eigenvalue weighted by molar-refractivity contribution is 0.391. The lowest BCUT2D eigenvalue weighted by atomic mass is 10.2. The van der Waals surface area contributed by atoms with Gasteiger partial charge in [0.2, 0.25) is 21.9 Å². The third kappa shape index (κ3) is 4.71. The highest BCUT2D eigenvalue weighted by molar-refractivity contribution is 7.89. The van der Waals surface area contributed by atoms with E-state index >= 15 is 0 Å². The van der Waals surface area contributed by atoms with Gasteiger partial charge in [0.25, 0.3) is 0 Å². The summed E-state index contributed by atoms with van der Waals surface area (Å²) in [4.78, 5) is 11.6. The van der Waals surface area contributed by atoms with E-state index in [-0.39, 0.29) is 35.7 Å². The van der Waals surface area contributed by atoms with Crippen molar-refractivity contribution in [3.8, 4) is 0 Å². The second-order valence-electron chi connectivity index (χ2n) is 5.82. The normalized spacial score (nSPS) is 11.7. The molecule has 3 rings (SSSR count). The number of rotatable bonds is 6. The molecule has 0 amide bonds. The Morgan fingerprint density at radius 1 is 0.893 bits per heavy atom. The summed E-state index contributed by atoms with van der Waals surface area (Å²) in [7, 11) is -3.95. The highest BCUT2D eigenvalue weighted by atomic mass is 35.5. The van der Waals surface area contributed by atoms with Crippen LogP contribution < -0.4 is 11.5 Å². The molecule has 4 N–H and O–H groups in total. The molecule has 146 valence electrons. The molecule has 2 aromatic carbocycles. The zero-order chi connectivity index (χ0) is 20.3. The van der Waals surface area contributed by atoms with Crippen molar-refractivity contribution >= 4 is 33.5 Å².